The number of benzene rings is 2. The third kappa shape index (κ3) is 5.44. The molecule has 0 atom stereocenters. The second kappa shape index (κ2) is 9.05. The van der Waals surface area contributed by atoms with Crippen LogP contribution in [0.3, 0.4) is 0 Å². The minimum Gasteiger partial charge on any atom is -0.491 e. The van der Waals surface area contributed by atoms with E-state index in [9.17, 15) is 4.79 Å². The van der Waals surface area contributed by atoms with Crippen molar-refractivity contribution in [3.8, 4) is 5.75 Å². The second-order valence-corrected chi connectivity index (χ2v) is 6.70. The quantitative estimate of drug-likeness (QED) is 0.556. The molecule has 150 valence electrons. The van der Waals surface area contributed by atoms with Crippen molar-refractivity contribution in [3.05, 3.63) is 65.9 Å². The molecule has 2 aromatic carbocycles. The van der Waals surface area contributed by atoms with Crippen molar-refractivity contribution >= 4 is 29.1 Å². The van der Waals surface area contributed by atoms with Crippen molar-refractivity contribution < 1.29 is 14.3 Å². The first-order valence-electron chi connectivity index (χ1n) is 9.28. The van der Waals surface area contributed by atoms with E-state index in [1.165, 1.54) is 7.11 Å². The van der Waals surface area contributed by atoms with Crippen molar-refractivity contribution in [1.82, 2.24) is 9.97 Å². The molecule has 0 spiro atoms. The molecule has 2 N–H and O–H groups in total. The number of nitrogens with zero attached hydrogens (tertiary/aromatic N) is 2. The average Bonchev–Trinajstić information content (AvgIpc) is 2.68. The number of hydrogen-bond acceptors (Lipinski definition) is 7. The van der Waals surface area contributed by atoms with E-state index < -0.39 is 5.97 Å². The SMILES string of the molecule is COC(=O)c1ccccc1Nc1cc(C)nc(Nc2ccc(OC(C)C)cc2)n1. The van der Waals surface area contributed by atoms with E-state index in [1.54, 1.807) is 24.3 Å². The minimum absolute atomic E-state index is 0.121. The molecule has 3 aromatic rings. The Balaban J connectivity index is 1.79. The van der Waals surface area contributed by atoms with Gasteiger partial charge in [-0.25, -0.2) is 9.78 Å². The fourth-order valence-electron chi connectivity index (χ4n) is 2.72. The maximum atomic E-state index is 12.0. The molecule has 29 heavy (non-hydrogen) atoms. The summed E-state index contributed by atoms with van der Waals surface area (Å²) in [7, 11) is 1.35. The Morgan fingerprint density at radius 2 is 1.72 bits per heavy atom. The molecule has 1 heterocycles. The monoisotopic (exact) mass is 392 g/mol. The van der Waals surface area contributed by atoms with E-state index in [1.807, 2.05) is 51.1 Å². The van der Waals surface area contributed by atoms with Crippen LogP contribution in [0.4, 0.5) is 23.1 Å². The molecular weight excluding hydrogens is 368 g/mol. The number of hydrogen-bond donors (Lipinski definition) is 2. The lowest BCUT2D eigenvalue weighted by Gasteiger charge is -2.13. The van der Waals surface area contributed by atoms with Crippen molar-refractivity contribution in [2.24, 2.45) is 0 Å². The van der Waals surface area contributed by atoms with Crippen LogP contribution < -0.4 is 15.4 Å². The van der Waals surface area contributed by atoms with Crippen LogP contribution in [0.1, 0.15) is 29.9 Å². The standard InChI is InChI=1S/C22H24N4O3/c1-14(2)29-17-11-9-16(10-12-17)24-22-23-15(3)13-20(26-22)25-19-8-6-5-7-18(19)21(27)28-4/h5-14H,1-4H3,(H2,23,24,25,26). The number of rotatable bonds is 7. The van der Waals surface area contributed by atoms with Crippen LogP contribution in [0.5, 0.6) is 5.75 Å². The van der Waals surface area contributed by atoms with Gasteiger partial charge >= 0.3 is 5.97 Å². The molecule has 7 nitrogen and oxygen atoms in total. The molecule has 0 saturated carbocycles. The molecule has 0 radical (unpaired) electrons. The number of carbonyl (C=O) groups excluding carboxylic acids is 1. The largest absolute Gasteiger partial charge is 0.491 e. The summed E-state index contributed by atoms with van der Waals surface area (Å²) in [5.41, 5.74) is 2.66. The van der Waals surface area contributed by atoms with Gasteiger partial charge in [-0.2, -0.15) is 4.98 Å². The molecule has 7 heteroatoms. The van der Waals surface area contributed by atoms with Gasteiger partial charge in [0.2, 0.25) is 5.95 Å². The number of esters is 1. The zero-order valence-electron chi connectivity index (χ0n) is 16.9. The smallest absolute Gasteiger partial charge is 0.339 e. The van der Waals surface area contributed by atoms with Crippen LogP contribution >= 0.6 is 0 Å². The minimum atomic E-state index is -0.416. The van der Waals surface area contributed by atoms with Gasteiger partial charge in [-0.3, -0.25) is 0 Å². The molecule has 0 unspecified atom stereocenters. The lowest BCUT2D eigenvalue weighted by molar-refractivity contribution is 0.0602. The second-order valence-electron chi connectivity index (χ2n) is 6.70. The lowest BCUT2D eigenvalue weighted by Crippen LogP contribution is -2.07. The average molecular weight is 392 g/mol. The van der Waals surface area contributed by atoms with Crippen LogP contribution in [0.25, 0.3) is 0 Å². The molecule has 0 aliphatic heterocycles. The first-order valence-corrected chi connectivity index (χ1v) is 9.28. The predicted molar refractivity (Wildman–Crippen MR) is 113 cm³/mol. The van der Waals surface area contributed by atoms with Gasteiger partial charge in [-0.1, -0.05) is 12.1 Å². The predicted octanol–water partition coefficient (Wildman–Crippen LogP) is 4.85. The Hall–Kier alpha value is -3.61. The zero-order chi connectivity index (χ0) is 20.8. The summed E-state index contributed by atoms with van der Waals surface area (Å²) in [5.74, 6) is 1.40. The van der Waals surface area contributed by atoms with Gasteiger partial charge in [0, 0.05) is 17.4 Å². The summed E-state index contributed by atoms with van der Waals surface area (Å²) in [6.45, 7) is 5.85. The molecule has 0 aliphatic carbocycles. The van der Waals surface area contributed by atoms with Crippen molar-refractivity contribution in [2.45, 2.75) is 26.9 Å². The van der Waals surface area contributed by atoms with Gasteiger partial charge in [0.25, 0.3) is 0 Å². The van der Waals surface area contributed by atoms with E-state index in [0.717, 1.165) is 17.1 Å². The number of para-hydroxylation sites is 1. The first kappa shape index (κ1) is 20.1. The highest BCUT2D eigenvalue weighted by Gasteiger charge is 2.12. The van der Waals surface area contributed by atoms with Crippen molar-refractivity contribution in [1.29, 1.82) is 0 Å². The molecule has 0 fully saturated rings. The molecule has 3 rings (SSSR count). The maximum absolute atomic E-state index is 12.0. The third-order valence-corrected chi connectivity index (χ3v) is 3.93. The zero-order valence-corrected chi connectivity index (χ0v) is 16.9. The molecular formula is C22H24N4O3. The molecule has 0 aliphatic rings. The fraction of sp³-hybridized carbons (Fsp3) is 0.227. The van der Waals surface area contributed by atoms with E-state index in [2.05, 4.69) is 20.6 Å². The van der Waals surface area contributed by atoms with Crippen molar-refractivity contribution in [2.75, 3.05) is 17.7 Å². The fourth-order valence-corrected chi connectivity index (χ4v) is 2.72. The van der Waals surface area contributed by atoms with Gasteiger partial charge in [0.1, 0.15) is 11.6 Å². The van der Waals surface area contributed by atoms with Crippen LogP contribution in [-0.4, -0.2) is 29.2 Å². The maximum Gasteiger partial charge on any atom is 0.339 e. The Kier molecular flexibility index (Phi) is 6.29. The number of ether oxygens (including phenoxy) is 2. The molecule has 0 bridgehead atoms. The summed E-state index contributed by atoms with van der Waals surface area (Å²) in [4.78, 5) is 20.9. The van der Waals surface area contributed by atoms with Crippen molar-refractivity contribution in [3.63, 3.8) is 0 Å². The number of methoxy groups -OCH3 is 1. The highest BCUT2D eigenvalue weighted by molar-refractivity contribution is 5.96. The van der Waals surface area contributed by atoms with E-state index in [4.69, 9.17) is 9.47 Å². The number of aromatic nitrogens is 2. The van der Waals surface area contributed by atoms with Crippen LogP contribution in [0, 0.1) is 6.92 Å². The molecule has 0 saturated heterocycles. The van der Waals surface area contributed by atoms with E-state index >= 15 is 0 Å². The summed E-state index contributed by atoms with van der Waals surface area (Å²) >= 11 is 0. The molecule has 0 amide bonds. The number of carbonyl (C=O) groups is 1. The molecule has 1 aromatic heterocycles. The topological polar surface area (TPSA) is 85.4 Å². The summed E-state index contributed by atoms with van der Waals surface area (Å²) in [5, 5.41) is 6.36. The Bertz CT molecular complexity index is 988. The van der Waals surface area contributed by atoms with E-state index in [-0.39, 0.29) is 6.10 Å². The Morgan fingerprint density at radius 1 is 1.00 bits per heavy atom. The Morgan fingerprint density at radius 3 is 2.41 bits per heavy atom. The van der Waals surface area contributed by atoms with Crippen LogP contribution in [0.15, 0.2) is 54.6 Å². The van der Waals surface area contributed by atoms with Gasteiger partial charge in [-0.05, 0) is 57.2 Å². The number of anilines is 4. The van der Waals surface area contributed by atoms with Gasteiger partial charge < -0.3 is 20.1 Å². The number of nitrogens with one attached hydrogen (secondary N) is 2. The summed E-state index contributed by atoms with van der Waals surface area (Å²) in [6, 6.07) is 16.5. The highest BCUT2D eigenvalue weighted by atomic mass is 16.5. The normalized spacial score (nSPS) is 10.5. The highest BCUT2D eigenvalue weighted by Crippen LogP contribution is 2.23. The first-order chi connectivity index (χ1) is 13.9. The van der Waals surface area contributed by atoms with Gasteiger partial charge in [0.05, 0.1) is 24.5 Å². The van der Waals surface area contributed by atoms with E-state index in [0.29, 0.717) is 23.0 Å². The van der Waals surface area contributed by atoms with Gasteiger partial charge in [-0.15, -0.1) is 0 Å². The lowest BCUT2D eigenvalue weighted by atomic mass is 10.2. The van der Waals surface area contributed by atoms with Crippen LogP contribution in [0.2, 0.25) is 0 Å². The summed E-state index contributed by atoms with van der Waals surface area (Å²) in [6.07, 6.45) is 0.121. The Labute approximate surface area is 170 Å². The number of aryl methyl sites for hydroxylation is 1. The summed E-state index contributed by atoms with van der Waals surface area (Å²) < 4.78 is 10.5. The van der Waals surface area contributed by atoms with Gasteiger partial charge in [0.15, 0.2) is 0 Å². The van der Waals surface area contributed by atoms with Crippen LogP contribution in [-0.2, 0) is 4.74 Å². The third-order valence-electron chi connectivity index (χ3n) is 3.93.